The van der Waals surface area contributed by atoms with Crippen LogP contribution in [0.2, 0.25) is 0 Å². The largest absolute Gasteiger partial charge is 0.396 e. The van der Waals surface area contributed by atoms with Gasteiger partial charge in [0.2, 0.25) is 0 Å². The Morgan fingerprint density at radius 2 is 1.64 bits per heavy atom. The smallest absolute Gasteiger partial charge is 0.0590 e. The second-order valence-electron chi connectivity index (χ2n) is 4.10. The first-order valence-corrected chi connectivity index (χ1v) is 6.03. The Labute approximate surface area is 88.3 Å². The van der Waals surface area contributed by atoms with Crippen molar-refractivity contribution in [3.8, 4) is 0 Å². The highest BCUT2D eigenvalue weighted by molar-refractivity contribution is 4.75. The molecule has 0 heterocycles. The van der Waals surface area contributed by atoms with Crippen molar-refractivity contribution < 1.29 is 10.2 Å². The molecule has 0 aromatic carbocycles. The highest BCUT2D eigenvalue weighted by Gasteiger charge is 2.23. The molecule has 0 amide bonds. The fourth-order valence-electron chi connectivity index (χ4n) is 2.04. The third-order valence-electron chi connectivity index (χ3n) is 3.03. The second kappa shape index (κ2) is 8.25. The summed E-state index contributed by atoms with van der Waals surface area (Å²) in [7, 11) is 0. The standard InChI is InChI=1S/C10H20O2.C2H6/c1-8-2-4-9(5-3-8)10(12)6-7-11;1-2/h8-12H,2-7H2,1H3;1-2H3. The highest BCUT2D eigenvalue weighted by atomic mass is 16.3. The molecule has 1 saturated carbocycles. The van der Waals surface area contributed by atoms with Crippen molar-refractivity contribution in [1.29, 1.82) is 0 Å². The van der Waals surface area contributed by atoms with Gasteiger partial charge in [-0.25, -0.2) is 0 Å². The normalized spacial score (nSPS) is 28.9. The van der Waals surface area contributed by atoms with Gasteiger partial charge in [0.25, 0.3) is 0 Å². The van der Waals surface area contributed by atoms with Gasteiger partial charge in [-0.2, -0.15) is 0 Å². The summed E-state index contributed by atoms with van der Waals surface area (Å²) < 4.78 is 0. The first kappa shape index (κ1) is 13.9. The SMILES string of the molecule is CC.CC1CCC(C(O)CCO)CC1. The summed E-state index contributed by atoms with van der Waals surface area (Å²) in [6.45, 7) is 6.39. The molecular weight excluding hydrogens is 176 g/mol. The molecule has 0 spiro atoms. The molecule has 1 fully saturated rings. The van der Waals surface area contributed by atoms with Crippen LogP contribution in [0.3, 0.4) is 0 Å². The van der Waals surface area contributed by atoms with E-state index < -0.39 is 0 Å². The maximum absolute atomic E-state index is 9.60. The quantitative estimate of drug-likeness (QED) is 0.738. The minimum absolute atomic E-state index is 0.118. The summed E-state index contributed by atoms with van der Waals surface area (Å²) in [6.07, 6.45) is 5.06. The number of aliphatic hydroxyl groups is 2. The molecule has 0 aromatic heterocycles. The molecule has 1 rings (SSSR count). The van der Waals surface area contributed by atoms with E-state index in [-0.39, 0.29) is 12.7 Å². The van der Waals surface area contributed by atoms with Crippen LogP contribution in [0.15, 0.2) is 0 Å². The fourth-order valence-corrected chi connectivity index (χ4v) is 2.04. The Balaban J connectivity index is 0.000000791. The van der Waals surface area contributed by atoms with Crippen LogP contribution in [0.5, 0.6) is 0 Å². The lowest BCUT2D eigenvalue weighted by Crippen LogP contribution is -2.25. The van der Waals surface area contributed by atoms with Crippen LogP contribution < -0.4 is 0 Å². The molecule has 0 aliphatic heterocycles. The van der Waals surface area contributed by atoms with Crippen LogP contribution in [-0.2, 0) is 0 Å². The topological polar surface area (TPSA) is 40.5 Å². The van der Waals surface area contributed by atoms with Crippen molar-refractivity contribution in [3.63, 3.8) is 0 Å². The van der Waals surface area contributed by atoms with Crippen LogP contribution in [0.4, 0.5) is 0 Å². The minimum Gasteiger partial charge on any atom is -0.396 e. The van der Waals surface area contributed by atoms with Crippen molar-refractivity contribution in [2.45, 2.75) is 59.0 Å². The Hall–Kier alpha value is -0.0800. The summed E-state index contributed by atoms with van der Waals surface area (Å²) in [4.78, 5) is 0. The van der Waals surface area contributed by atoms with E-state index in [9.17, 15) is 5.11 Å². The van der Waals surface area contributed by atoms with Crippen LogP contribution in [-0.4, -0.2) is 22.9 Å². The van der Waals surface area contributed by atoms with E-state index in [4.69, 9.17) is 5.11 Å². The molecule has 86 valence electrons. The zero-order valence-electron chi connectivity index (χ0n) is 9.87. The molecule has 0 bridgehead atoms. The van der Waals surface area contributed by atoms with Crippen molar-refractivity contribution in [2.24, 2.45) is 11.8 Å². The molecule has 2 heteroatoms. The van der Waals surface area contributed by atoms with Gasteiger partial charge in [0.15, 0.2) is 0 Å². The van der Waals surface area contributed by atoms with Gasteiger partial charge in [-0.15, -0.1) is 0 Å². The van der Waals surface area contributed by atoms with E-state index in [0.717, 1.165) is 18.8 Å². The molecule has 2 nitrogen and oxygen atoms in total. The van der Waals surface area contributed by atoms with Crippen molar-refractivity contribution >= 4 is 0 Å². The third kappa shape index (κ3) is 4.97. The summed E-state index contributed by atoms with van der Waals surface area (Å²) in [5, 5.41) is 18.3. The average molecular weight is 202 g/mol. The second-order valence-corrected chi connectivity index (χ2v) is 4.10. The molecular formula is C12H26O2. The Morgan fingerprint density at radius 3 is 2.07 bits per heavy atom. The van der Waals surface area contributed by atoms with Gasteiger partial charge in [-0.3, -0.25) is 0 Å². The van der Waals surface area contributed by atoms with E-state index >= 15 is 0 Å². The van der Waals surface area contributed by atoms with E-state index in [0.29, 0.717) is 12.3 Å². The Morgan fingerprint density at radius 1 is 1.14 bits per heavy atom. The van der Waals surface area contributed by atoms with Crippen LogP contribution in [0, 0.1) is 11.8 Å². The van der Waals surface area contributed by atoms with Gasteiger partial charge in [0.05, 0.1) is 6.10 Å². The van der Waals surface area contributed by atoms with Crippen molar-refractivity contribution in [1.82, 2.24) is 0 Å². The average Bonchev–Trinajstić information content (AvgIpc) is 2.22. The van der Waals surface area contributed by atoms with Crippen molar-refractivity contribution in [2.75, 3.05) is 6.61 Å². The number of aliphatic hydroxyl groups excluding tert-OH is 2. The maximum Gasteiger partial charge on any atom is 0.0590 e. The van der Waals surface area contributed by atoms with E-state index in [1.807, 2.05) is 13.8 Å². The number of hydrogen-bond donors (Lipinski definition) is 2. The number of hydrogen-bond acceptors (Lipinski definition) is 2. The molecule has 1 aliphatic carbocycles. The molecule has 2 N–H and O–H groups in total. The minimum atomic E-state index is -0.262. The van der Waals surface area contributed by atoms with Gasteiger partial charge in [-0.05, 0) is 31.1 Å². The first-order valence-electron chi connectivity index (χ1n) is 6.03. The molecule has 0 aromatic rings. The summed E-state index contributed by atoms with van der Waals surface area (Å²) >= 11 is 0. The van der Waals surface area contributed by atoms with Crippen LogP contribution >= 0.6 is 0 Å². The molecule has 14 heavy (non-hydrogen) atoms. The summed E-state index contributed by atoms with van der Waals surface area (Å²) in [5.41, 5.74) is 0. The summed E-state index contributed by atoms with van der Waals surface area (Å²) in [6, 6.07) is 0. The van der Waals surface area contributed by atoms with Gasteiger partial charge in [-0.1, -0.05) is 33.6 Å². The lowest BCUT2D eigenvalue weighted by atomic mass is 9.79. The third-order valence-corrected chi connectivity index (χ3v) is 3.03. The zero-order valence-corrected chi connectivity index (χ0v) is 9.87. The van der Waals surface area contributed by atoms with E-state index in [2.05, 4.69) is 6.92 Å². The summed E-state index contributed by atoms with van der Waals surface area (Å²) in [5.74, 6) is 1.29. The molecule has 0 radical (unpaired) electrons. The lowest BCUT2D eigenvalue weighted by molar-refractivity contribution is 0.0538. The molecule has 1 aliphatic rings. The van der Waals surface area contributed by atoms with Gasteiger partial charge >= 0.3 is 0 Å². The van der Waals surface area contributed by atoms with Crippen LogP contribution in [0.25, 0.3) is 0 Å². The maximum atomic E-state index is 9.60. The molecule has 1 unspecified atom stereocenters. The van der Waals surface area contributed by atoms with Gasteiger partial charge in [0.1, 0.15) is 0 Å². The van der Waals surface area contributed by atoms with Crippen LogP contribution in [0.1, 0.15) is 52.9 Å². The predicted octanol–water partition coefficient (Wildman–Crippen LogP) is 2.58. The monoisotopic (exact) mass is 202 g/mol. The Bertz CT molecular complexity index is 117. The van der Waals surface area contributed by atoms with E-state index in [1.54, 1.807) is 0 Å². The van der Waals surface area contributed by atoms with Gasteiger partial charge < -0.3 is 10.2 Å². The Kier molecular flexibility index (Phi) is 8.20. The fraction of sp³-hybridized carbons (Fsp3) is 1.00. The molecule has 1 atom stereocenters. The molecule has 0 saturated heterocycles. The first-order chi connectivity index (χ1) is 6.74. The highest BCUT2D eigenvalue weighted by Crippen LogP contribution is 2.31. The lowest BCUT2D eigenvalue weighted by Gasteiger charge is -2.29. The zero-order chi connectivity index (χ0) is 11.0. The number of rotatable bonds is 3. The van der Waals surface area contributed by atoms with Gasteiger partial charge in [0, 0.05) is 6.61 Å². The van der Waals surface area contributed by atoms with Crippen molar-refractivity contribution in [3.05, 3.63) is 0 Å². The predicted molar refractivity (Wildman–Crippen MR) is 60.2 cm³/mol. The van der Waals surface area contributed by atoms with E-state index in [1.165, 1.54) is 12.8 Å².